The van der Waals surface area contributed by atoms with Crippen LogP contribution in [0.4, 0.5) is 0 Å². The van der Waals surface area contributed by atoms with Gasteiger partial charge in [0.15, 0.2) is 0 Å². The fourth-order valence-corrected chi connectivity index (χ4v) is 2.29. The molecule has 0 heterocycles. The lowest BCUT2D eigenvalue weighted by atomic mass is 10.2. The van der Waals surface area contributed by atoms with Gasteiger partial charge < -0.3 is 5.32 Å². The van der Waals surface area contributed by atoms with E-state index in [9.17, 15) is 8.42 Å². The number of nitrogens with one attached hydrogen (secondary N) is 1. The molecule has 0 saturated heterocycles. The predicted octanol–water partition coefficient (Wildman–Crippen LogP) is 0.813. The van der Waals surface area contributed by atoms with Gasteiger partial charge in [0.25, 0.3) is 0 Å². The van der Waals surface area contributed by atoms with E-state index < -0.39 is 9.84 Å². The van der Waals surface area contributed by atoms with Gasteiger partial charge in [-0.15, -0.1) is 11.8 Å². The highest BCUT2D eigenvalue weighted by atomic mass is 32.2. The maximum atomic E-state index is 11.1. The van der Waals surface area contributed by atoms with Gasteiger partial charge in [-0.2, -0.15) is 0 Å². The Morgan fingerprint density at radius 2 is 2.07 bits per heavy atom. The molecule has 1 unspecified atom stereocenters. The summed E-state index contributed by atoms with van der Waals surface area (Å²) in [5.41, 5.74) is 0. The first-order valence-electron chi connectivity index (χ1n) is 4.80. The Morgan fingerprint density at radius 3 is 2.50 bits per heavy atom. The van der Waals surface area contributed by atoms with Crippen molar-refractivity contribution in [3.8, 4) is 11.8 Å². The Morgan fingerprint density at radius 1 is 1.43 bits per heavy atom. The van der Waals surface area contributed by atoms with Gasteiger partial charge in [0.05, 0.1) is 5.75 Å². The zero-order valence-corrected chi connectivity index (χ0v) is 9.95. The van der Waals surface area contributed by atoms with Crippen LogP contribution in [0, 0.1) is 11.8 Å². The zero-order chi connectivity index (χ0) is 11.0. The van der Waals surface area contributed by atoms with E-state index in [1.165, 1.54) is 6.26 Å². The molecule has 0 amide bonds. The molecule has 3 nitrogen and oxygen atoms in total. The quantitative estimate of drug-likeness (QED) is 0.670. The second kappa shape index (κ2) is 6.86. The third-order valence-corrected chi connectivity index (χ3v) is 2.80. The van der Waals surface area contributed by atoms with E-state index >= 15 is 0 Å². The summed E-state index contributed by atoms with van der Waals surface area (Å²) in [7, 11) is -2.89. The van der Waals surface area contributed by atoms with Crippen LogP contribution in [0.5, 0.6) is 0 Å². The zero-order valence-electron chi connectivity index (χ0n) is 9.13. The molecule has 0 rings (SSSR count). The molecular formula is C10H19NO2S. The topological polar surface area (TPSA) is 46.2 Å². The summed E-state index contributed by atoms with van der Waals surface area (Å²) >= 11 is 0. The highest BCUT2D eigenvalue weighted by molar-refractivity contribution is 7.90. The Bertz CT molecular complexity index is 298. The first-order chi connectivity index (χ1) is 6.49. The van der Waals surface area contributed by atoms with Crippen molar-refractivity contribution in [2.75, 3.05) is 18.6 Å². The van der Waals surface area contributed by atoms with Gasteiger partial charge in [0, 0.05) is 18.7 Å². The third kappa shape index (κ3) is 8.09. The molecule has 0 fully saturated rings. The van der Waals surface area contributed by atoms with Gasteiger partial charge in [-0.05, 0) is 19.9 Å². The van der Waals surface area contributed by atoms with Crippen LogP contribution in [0.1, 0.15) is 26.7 Å². The van der Waals surface area contributed by atoms with Crippen LogP contribution in [0.2, 0.25) is 0 Å². The van der Waals surface area contributed by atoms with Gasteiger partial charge in [-0.25, -0.2) is 8.42 Å². The van der Waals surface area contributed by atoms with Crippen LogP contribution in [-0.4, -0.2) is 33.0 Å². The van der Waals surface area contributed by atoms with E-state index in [0.717, 1.165) is 19.4 Å². The first-order valence-corrected chi connectivity index (χ1v) is 6.86. The molecule has 0 bridgehead atoms. The Hall–Kier alpha value is -0.530. The summed E-state index contributed by atoms with van der Waals surface area (Å²) in [5.74, 6) is 5.94. The van der Waals surface area contributed by atoms with Crippen LogP contribution < -0.4 is 5.32 Å². The molecule has 0 aliphatic heterocycles. The average molecular weight is 217 g/mol. The minimum absolute atomic E-state index is 0.0378. The molecule has 0 aromatic carbocycles. The van der Waals surface area contributed by atoms with E-state index in [1.807, 2.05) is 6.92 Å². The van der Waals surface area contributed by atoms with Crippen molar-refractivity contribution >= 4 is 9.84 Å². The Labute approximate surface area is 87.2 Å². The fraction of sp³-hybridized carbons (Fsp3) is 0.800. The van der Waals surface area contributed by atoms with Crippen LogP contribution in [0.15, 0.2) is 0 Å². The van der Waals surface area contributed by atoms with Crippen molar-refractivity contribution in [3.63, 3.8) is 0 Å². The molecule has 0 aliphatic carbocycles. The molecule has 0 saturated carbocycles. The lowest BCUT2D eigenvalue weighted by Crippen LogP contribution is -2.35. The summed E-state index contributed by atoms with van der Waals surface area (Å²) < 4.78 is 22.1. The van der Waals surface area contributed by atoms with Crippen molar-refractivity contribution in [1.82, 2.24) is 5.32 Å². The molecule has 1 atom stereocenters. The molecule has 4 heteroatoms. The minimum atomic E-state index is -2.89. The Kier molecular flexibility index (Phi) is 6.60. The van der Waals surface area contributed by atoms with Gasteiger partial charge in [0.1, 0.15) is 9.84 Å². The maximum Gasteiger partial charge on any atom is 0.148 e. The summed E-state index contributed by atoms with van der Waals surface area (Å²) in [6, 6.07) is 0.0378. The summed E-state index contributed by atoms with van der Waals surface area (Å²) in [6.07, 6.45) is 2.81. The van der Waals surface area contributed by atoms with Gasteiger partial charge in [0.2, 0.25) is 0 Å². The van der Waals surface area contributed by atoms with E-state index in [-0.39, 0.29) is 11.8 Å². The largest absolute Gasteiger partial charge is 0.313 e. The minimum Gasteiger partial charge on any atom is -0.313 e. The lowest BCUT2D eigenvalue weighted by Gasteiger charge is -2.15. The molecule has 0 aromatic rings. The summed E-state index contributed by atoms with van der Waals surface area (Å²) in [6.45, 7) is 4.55. The lowest BCUT2D eigenvalue weighted by molar-refractivity contribution is 0.525. The number of sulfone groups is 1. The molecule has 0 aliphatic rings. The van der Waals surface area contributed by atoms with Crippen LogP contribution in [0.3, 0.4) is 0 Å². The standard InChI is InChI=1S/C10H19NO2S/c1-4-6-7-8-10(11-5-2)9-14(3,12)13/h10-11H,5,7-9H2,1-3H3. The van der Waals surface area contributed by atoms with Gasteiger partial charge >= 0.3 is 0 Å². The normalized spacial score (nSPS) is 13.1. The third-order valence-electron chi connectivity index (χ3n) is 1.79. The van der Waals surface area contributed by atoms with Crippen molar-refractivity contribution in [2.24, 2.45) is 0 Å². The Balaban J connectivity index is 4.06. The monoisotopic (exact) mass is 217 g/mol. The number of hydrogen-bond donors (Lipinski definition) is 1. The smallest absolute Gasteiger partial charge is 0.148 e. The average Bonchev–Trinajstić information content (AvgIpc) is 2.02. The van der Waals surface area contributed by atoms with Crippen molar-refractivity contribution in [1.29, 1.82) is 0 Å². The molecule has 0 radical (unpaired) electrons. The van der Waals surface area contributed by atoms with Crippen molar-refractivity contribution < 1.29 is 8.42 Å². The van der Waals surface area contributed by atoms with Gasteiger partial charge in [-0.1, -0.05) is 6.92 Å². The van der Waals surface area contributed by atoms with E-state index in [1.54, 1.807) is 6.92 Å². The second-order valence-corrected chi connectivity index (χ2v) is 5.50. The second-order valence-electron chi connectivity index (χ2n) is 3.31. The van der Waals surface area contributed by atoms with Crippen molar-refractivity contribution in [3.05, 3.63) is 0 Å². The molecule has 82 valence electrons. The van der Waals surface area contributed by atoms with Crippen LogP contribution >= 0.6 is 0 Å². The molecular weight excluding hydrogens is 198 g/mol. The van der Waals surface area contributed by atoms with Crippen LogP contribution in [0.25, 0.3) is 0 Å². The van der Waals surface area contributed by atoms with E-state index in [2.05, 4.69) is 17.2 Å². The summed E-state index contributed by atoms with van der Waals surface area (Å²) in [4.78, 5) is 0. The van der Waals surface area contributed by atoms with E-state index in [4.69, 9.17) is 0 Å². The van der Waals surface area contributed by atoms with Crippen LogP contribution in [-0.2, 0) is 9.84 Å². The highest BCUT2D eigenvalue weighted by Crippen LogP contribution is 2.00. The van der Waals surface area contributed by atoms with Gasteiger partial charge in [-0.3, -0.25) is 0 Å². The first kappa shape index (κ1) is 13.5. The molecule has 14 heavy (non-hydrogen) atoms. The number of hydrogen-bond acceptors (Lipinski definition) is 3. The SMILES string of the molecule is CC#CCCC(CS(C)(=O)=O)NCC. The highest BCUT2D eigenvalue weighted by Gasteiger charge is 2.13. The molecule has 0 spiro atoms. The van der Waals surface area contributed by atoms with E-state index in [0.29, 0.717) is 0 Å². The molecule has 0 aromatic heterocycles. The predicted molar refractivity (Wildman–Crippen MR) is 59.9 cm³/mol. The fourth-order valence-electron chi connectivity index (χ4n) is 1.27. The van der Waals surface area contributed by atoms with Crippen molar-refractivity contribution in [2.45, 2.75) is 32.7 Å². The molecule has 1 N–H and O–H groups in total. The maximum absolute atomic E-state index is 11.1. The summed E-state index contributed by atoms with van der Waals surface area (Å²) in [5, 5.41) is 3.15. The number of rotatable bonds is 6.